The minimum atomic E-state index is -0.896. The molecular formula is C9H7NO2S. The van der Waals surface area contributed by atoms with Gasteiger partial charge in [-0.05, 0) is 24.6 Å². The summed E-state index contributed by atoms with van der Waals surface area (Å²) >= 11 is 1.52. The standard InChI is InChI=1S/C9H7NO2S/c1-5-6(9(11)12)2-3-7-8(5)10-4-13-7/h2-4H,1H3,(H,11,12). The number of aryl methyl sites for hydroxylation is 1. The fourth-order valence-electron chi connectivity index (χ4n) is 1.30. The largest absolute Gasteiger partial charge is 0.478 e. The molecule has 0 spiro atoms. The van der Waals surface area contributed by atoms with E-state index in [1.807, 2.05) is 0 Å². The van der Waals surface area contributed by atoms with Crippen LogP contribution in [0.1, 0.15) is 15.9 Å². The smallest absolute Gasteiger partial charge is 0.336 e. The zero-order valence-corrected chi connectivity index (χ0v) is 7.76. The Balaban J connectivity index is 2.80. The average Bonchev–Trinajstić information content (AvgIpc) is 2.52. The Morgan fingerprint density at radius 1 is 1.54 bits per heavy atom. The van der Waals surface area contributed by atoms with Gasteiger partial charge in [0.1, 0.15) is 0 Å². The number of aromatic carboxylic acids is 1. The first-order valence-corrected chi connectivity index (χ1v) is 4.64. The average molecular weight is 193 g/mol. The number of benzene rings is 1. The van der Waals surface area contributed by atoms with E-state index in [0.717, 1.165) is 15.8 Å². The molecule has 0 atom stereocenters. The summed E-state index contributed by atoms with van der Waals surface area (Å²) in [6, 6.07) is 3.42. The highest BCUT2D eigenvalue weighted by Gasteiger charge is 2.10. The number of thiazole rings is 1. The number of rotatable bonds is 1. The predicted molar refractivity (Wildman–Crippen MR) is 51.3 cm³/mol. The van der Waals surface area contributed by atoms with E-state index in [-0.39, 0.29) is 0 Å². The maximum absolute atomic E-state index is 10.8. The number of hydrogen-bond acceptors (Lipinski definition) is 3. The quantitative estimate of drug-likeness (QED) is 0.756. The van der Waals surface area contributed by atoms with Crippen molar-refractivity contribution in [3.05, 3.63) is 28.8 Å². The van der Waals surface area contributed by atoms with Gasteiger partial charge >= 0.3 is 5.97 Å². The highest BCUT2D eigenvalue weighted by Crippen LogP contribution is 2.23. The third-order valence-corrected chi connectivity index (χ3v) is 2.78. The molecule has 0 saturated carbocycles. The Morgan fingerprint density at radius 2 is 2.31 bits per heavy atom. The first-order chi connectivity index (χ1) is 6.20. The van der Waals surface area contributed by atoms with Crippen LogP contribution < -0.4 is 0 Å². The van der Waals surface area contributed by atoms with Crippen LogP contribution in [0.2, 0.25) is 0 Å². The van der Waals surface area contributed by atoms with Crippen molar-refractivity contribution in [2.24, 2.45) is 0 Å². The van der Waals surface area contributed by atoms with Gasteiger partial charge in [-0.2, -0.15) is 0 Å². The summed E-state index contributed by atoms with van der Waals surface area (Å²) < 4.78 is 1.03. The Hall–Kier alpha value is -1.42. The number of nitrogens with zero attached hydrogens (tertiary/aromatic N) is 1. The van der Waals surface area contributed by atoms with E-state index in [1.54, 1.807) is 24.6 Å². The van der Waals surface area contributed by atoms with Crippen LogP contribution in [-0.2, 0) is 0 Å². The predicted octanol–water partition coefficient (Wildman–Crippen LogP) is 2.30. The summed E-state index contributed by atoms with van der Waals surface area (Å²) in [4.78, 5) is 14.9. The number of carbonyl (C=O) groups is 1. The van der Waals surface area contributed by atoms with Crippen molar-refractivity contribution >= 4 is 27.5 Å². The minimum absolute atomic E-state index is 0.332. The van der Waals surface area contributed by atoms with Crippen LogP contribution in [0, 0.1) is 6.92 Å². The summed E-state index contributed by atoms with van der Waals surface area (Å²) in [6.07, 6.45) is 0. The molecular weight excluding hydrogens is 186 g/mol. The summed E-state index contributed by atoms with van der Waals surface area (Å²) in [5, 5.41) is 8.84. The van der Waals surface area contributed by atoms with Gasteiger partial charge in [0.25, 0.3) is 0 Å². The van der Waals surface area contributed by atoms with Crippen molar-refractivity contribution in [3.63, 3.8) is 0 Å². The second-order valence-corrected chi connectivity index (χ2v) is 3.63. The second kappa shape index (κ2) is 2.81. The van der Waals surface area contributed by atoms with Crippen LogP contribution in [0.15, 0.2) is 17.6 Å². The number of fused-ring (bicyclic) bond motifs is 1. The van der Waals surface area contributed by atoms with Gasteiger partial charge in [0.2, 0.25) is 0 Å². The maximum Gasteiger partial charge on any atom is 0.336 e. The number of carboxylic acid groups (broad SMARTS) is 1. The van der Waals surface area contributed by atoms with E-state index >= 15 is 0 Å². The van der Waals surface area contributed by atoms with Crippen molar-refractivity contribution < 1.29 is 9.90 Å². The Bertz CT molecular complexity index is 475. The summed E-state index contributed by atoms with van der Waals surface area (Å²) in [6.45, 7) is 1.78. The number of hydrogen-bond donors (Lipinski definition) is 1. The first kappa shape index (κ1) is 8.19. The van der Waals surface area contributed by atoms with E-state index < -0.39 is 5.97 Å². The SMILES string of the molecule is Cc1c(C(=O)O)ccc2scnc12. The normalized spacial score (nSPS) is 10.5. The van der Waals surface area contributed by atoms with E-state index in [0.29, 0.717) is 5.56 Å². The summed E-state index contributed by atoms with van der Waals surface area (Å²) in [5.74, 6) is -0.896. The van der Waals surface area contributed by atoms with Crippen LogP contribution >= 0.6 is 11.3 Å². The Morgan fingerprint density at radius 3 is 3.00 bits per heavy atom. The zero-order chi connectivity index (χ0) is 9.42. The molecule has 4 heteroatoms. The molecule has 0 radical (unpaired) electrons. The van der Waals surface area contributed by atoms with Gasteiger partial charge in [0.05, 0.1) is 21.3 Å². The van der Waals surface area contributed by atoms with Crippen LogP contribution in [0.3, 0.4) is 0 Å². The molecule has 3 nitrogen and oxygen atoms in total. The first-order valence-electron chi connectivity index (χ1n) is 3.76. The fraction of sp³-hybridized carbons (Fsp3) is 0.111. The molecule has 1 aromatic carbocycles. The molecule has 1 heterocycles. The fourth-order valence-corrected chi connectivity index (χ4v) is 2.03. The van der Waals surface area contributed by atoms with Crippen molar-refractivity contribution in [1.82, 2.24) is 4.98 Å². The van der Waals surface area contributed by atoms with Gasteiger partial charge < -0.3 is 5.11 Å². The lowest BCUT2D eigenvalue weighted by Gasteiger charge is -1.99. The van der Waals surface area contributed by atoms with E-state index in [4.69, 9.17) is 5.11 Å². The lowest BCUT2D eigenvalue weighted by atomic mass is 10.1. The zero-order valence-electron chi connectivity index (χ0n) is 6.94. The molecule has 2 aromatic rings. The monoisotopic (exact) mass is 193 g/mol. The van der Waals surface area contributed by atoms with Gasteiger partial charge in [-0.15, -0.1) is 11.3 Å². The highest BCUT2D eigenvalue weighted by molar-refractivity contribution is 7.16. The molecule has 66 valence electrons. The molecule has 0 fully saturated rings. The lowest BCUT2D eigenvalue weighted by Crippen LogP contribution is -1.99. The van der Waals surface area contributed by atoms with E-state index in [1.165, 1.54) is 11.3 Å². The van der Waals surface area contributed by atoms with Gasteiger partial charge in [-0.1, -0.05) is 0 Å². The summed E-state index contributed by atoms with van der Waals surface area (Å²) in [5.41, 5.74) is 3.60. The molecule has 0 aliphatic heterocycles. The van der Waals surface area contributed by atoms with Gasteiger partial charge in [-0.25, -0.2) is 9.78 Å². The van der Waals surface area contributed by atoms with Crippen molar-refractivity contribution in [1.29, 1.82) is 0 Å². The molecule has 1 aromatic heterocycles. The Labute approximate surface area is 78.7 Å². The van der Waals surface area contributed by atoms with Crippen molar-refractivity contribution in [3.8, 4) is 0 Å². The maximum atomic E-state index is 10.8. The third-order valence-electron chi connectivity index (χ3n) is 1.99. The van der Waals surface area contributed by atoms with Gasteiger partial charge in [0.15, 0.2) is 0 Å². The molecule has 0 aliphatic rings. The molecule has 1 N–H and O–H groups in total. The van der Waals surface area contributed by atoms with Crippen LogP contribution in [0.5, 0.6) is 0 Å². The number of carboxylic acids is 1. The minimum Gasteiger partial charge on any atom is -0.478 e. The molecule has 0 unspecified atom stereocenters. The third kappa shape index (κ3) is 1.19. The molecule has 0 saturated heterocycles. The van der Waals surface area contributed by atoms with Crippen molar-refractivity contribution in [2.75, 3.05) is 0 Å². The van der Waals surface area contributed by atoms with Crippen molar-refractivity contribution in [2.45, 2.75) is 6.92 Å². The Kier molecular flexibility index (Phi) is 1.77. The van der Waals surface area contributed by atoms with Gasteiger partial charge in [0, 0.05) is 0 Å². The van der Waals surface area contributed by atoms with E-state index in [9.17, 15) is 4.79 Å². The van der Waals surface area contributed by atoms with Gasteiger partial charge in [-0.3, -0.25) is 0 Å². The topological polar surface area (TPSA) is 50.2 Å². The molecule has 0 bridgehead atoms. The second-order valence-electron chi connectivity index (χ2n) is 2.74. The van der Waals surface area contributed by atoms with Crippen LogP contribution in [0.4, 0.5) is 0 Å². The molecule has 0 aliphatic carbocycles. The van der Waals surface area contributed by atoms with E-state index in [2.05, 4.69) is 4.98 Å². The molecule has 13 heavy (non-hydrogen) atoms. The highest BCUT2D eigenvalue weighted by atomic mass is 32.1. The lowest BCUT2D eigenvalue weighted by molar-refractivity contribution is 0.0696. The molecule has 2 rings (SSSR count). The summed E-state index contributed by atoms with van der Waals surface area (Å²) in [7, 11) is 0. The van der Waals surface area contributed by atoms with Crippen LogP contribution in [-0.4, -0.2) is 16.1 Å². The molecule has 0 amide bonds. The van der Waals surface area contributed by atoms with Crippen LogP contribution in [0.25, 0.3) is 10.2 Å². The number of aromatic nitrogens is 1.